The summed E-state index contributed by atoms with van der Waals surface area (Å²) in [6.07, 6.45) is 4.15. The van der Waals surface area contributed by atoms with E-state index in [1.807, 2.05) is 4.57 Å². The Morgan fingerprint density at radius 3 is 2.41 bits per heavy atom. The fraction of sp³-hybridized carbons (Fsp3) is 0.261. The smallest absolute Gasteiger partial charge is 0.229 e. The van der Waals surface area contributed by atoms with Crippen LogP contribution in [-0.2, 0) is 0 Å². The van der Waals surface area contributed by atoms with E-state index < -0.39 is 0 Å². The van der Waals surface area contributed by atoms with Crippen molar-refractivity contribution in [3.8, 4) is 0 Å². The minimum Gasteiger partial charge on any atom is -0.393 e. The standard InChI is InChI=1S/C23H22F2N6O/c24-14-5-7-15(8-6-14)27-22-26-13-20-21(30-22)31(16-9-11-17(32)12-10-16)23(29-20)28-19-4-2-1-3-18(19)25/h1-8,13,16-17,32H,9-12H2,(H,28,29)(H,26,27,30). The number of rotatable bonds is 5. The molecule has 0 radical (unpaired) electrons. The third-order valence-electron chi connectivity index (χ3n) is 5.68. The topological polar surface area (TPSA) is 87.9 Å². The van der Waals surface area contributed by atoms with Gasteiger partial charge in [0.15, 0.2) is 5.65 Å². The highest BCUT2D eigenvalue weighted by Gasteiger charge is 2.26. The SMILES string of the molecule is OC1CCC(n2c(Nc3ccccc3F)nc3cnc(Nc4ccc(F)cc4)nc32)CC1. The first-order chi connectivity index (χ1) is 15.6. The molecule has 7 nitrogen and oxygen atoms in total. The van der Waals surface area contributed by atoms with Crippen LogP contribution < -0.4 is 10.6 Å². The first-order valence-corrected chi connectivity index (χ1v) is 10.5. The fourth-order valence-electron chi connectivity index (χ4n) is 4.05. The summed E-state index contributed by atoms with van der Waals surface area (Å²) in [7, 11) is 0. The van der Waals surface area contributed by atoms with E-state index >= 15 is 0 Å². The lowest BCUT2D eigenvalue weighted by atomic mass is 9.93. The van der Waals surface area contributed by atoms with Crippen LogP contribution in [0.4, 0.5) is 32.1 Å². The van der Waals surface area contributed by atoms with Crippen LogP contribution in [0.5, 0.6) is 0 Å². The summed E-state index contributed by atoms with van der Waals surface area (Å²) in [5, 5.41) is 16.1. The molecule has 5 rings (SSSR count). The number of nitrogens with zero attached hydrogens (tertiary/aromatic N) is 4. The quantitative estimate of drug-likeness (QED) is 0.405. The second-order valence-corrected chi connectivity index (χ2v) is 7.91. The van der Waals surface area contributed by atoms with Gasteiger partial charge in [-0.1, -0.05) is 12.1 Å². The Kier molecular flexibility index (Phi) is 5.40. The van der Waals surface area contributed by atoms with Gasteiger partial charge in [0.05, 0.1) is 18.0 Å². The number of aliphatic hydroxyl groups is 1. The molecule has 1 aliphatic rings. The average molecular weight is 436 g/mol. The van der Waals surface area contributed by atoms with E-state index in [1.54, 1.807) is 36.5 Å². The summed E-state index contributed by atoms with van der Waals surface area (Å²) < 4.78 is 29.5. The van der Waals surface area contributed by atoms with E-state index in [0.717, 1.165) is 12.8 Å². The highest BCUT2D eigenvalue weighted by Crippen LogP contribution is 2.35. The van der Waals surface area contributed by atoms with Crippen molar-refractivity contribution in [1.29, 1.82) is 0 Å². The fourth-order valence-corrected chi connectivity index (χ4v) is 4.05. The number of halogens is 2. The number of imidazole rings is 1. The molecule has 3 N–H and O–H groups in total. The molecule has 1 fully saturated rings. The molecule has 0 bridgehead atoms. The van der Waals surface area contributed by atoms with Crippen molar-refractivity contribution in [3.05, 3.63) is 66.4 Å². The molecule has 0 aliphatic heterocycles. The number of hydrogen-bond donors (Lipinski definition) is 3. The molecule has 32 heavy (non-hydrogen) atoms. The van der Waals surface area contributed by atoms with Gasteiger partial charge in [-0.05, 0) is 62.1 Å². The van der Waals surface area contributed by atoms with Gasteiger partial charge in [-0.15, -0.1) is 0 Å². The highest BCUT2D eigenvalue weighted by molar-refractivity contribution is 5.77. The van der Waals surface area contributed by atoms with Gasteiger partial charge < -0.3 is 15.7 Å². The summed E-state index contributed by atoms with van der Waals surface area (Å²) in [6, 6.07) is 12.4. The zero-order valence-corrected chi connectivity index (χ0v) is 17.2. The largest absolute Gasteiger partial charge is 0.393 e. The van der Waals surface area contributed by atoms with Crippen LogP contribution in [0.25, 0.3) is 11.2 Å². The molecule has 4 aromatic rings. The Balaban J connectivity index is 1.55. The van der Waals surface area contributed by atoms with Crippen molar-refractivity contribution in [2.45, 2.75) is 37.8 Å². The highest BCUT2D eigenvalue weighted by atomic mass is 19.1. The van der Waals surface area contributed by atoms with E-state index in [1.165, 1.54) is 18.2 Å². The Labute approximate surface area is 183 Å². The predicted molar refractivity (Wildman–Crippen MR) is 118 cm³/mol. The molecule has 0 atom stereocenters. The van der Waals surface area contributed by atoms with Crippen molar-refractivity contribution in [3.63, 3.8) is 0 Å². The normalized spacial score (nSPS) is 18.6. The van der Waals surface area contributed by atoms with Gasteiger partial charge >= 0.3 is 0 Å². The van der Waals surface area contributed by atoms with Crippen molar-refractivity contribution in [2.24, 2.45) is 0 Å². The molecule has 9 heteroatoms. The van der Waals surface area contributed by atoms with E-state index in [0.29, 0.717) is 47.3 Å². The molecular weight excluding hydrogens is 414 g/mol. The van der Waals surface area contributed by atoms with Crippen LogP contribution in [0.3, 0.4) is 0 Å². The van der Waals surface area contributed by atoms with Crippen molar-refractivity contribution >= 4 is 34.4 Å². The minimum absolute atomic E-state index is 0.0474. The Bertz CT molecular complexity index is 1240. The molecule has 0 unspecified atom stereocenters. The van der Waals surface area contributed by atoms with E-state index in [9.17, 15) is 13.9 Å². The third-order valence-corrected chi connectivity index (χ3v) is 5.68. The first kappa shape index (κ1) is 20.3. The van der Waals surface area contributed by atoms with Gasteiger partial charge in [-0.3, -0.25) is 4.57 Å². The summed E-state index contributed by atoms with van der Waals surface area (Å²) in [5.41, 5.74) is 2.14. The number of para-hydroxylation sites is 1. The van der Waals surface area contributed by atoms with E-state index in [2.05, 4.69) is 25.6 Å². The van der Waals surface area contributed by atoms with Crippen LogP contribution >= 0.6 is 0 Å². The monoisotopic (exact) mass is 436 g/mol. The van der Waals surface area contributed by atoms with Gasteiger partial charge in [-0.25, -0.2) is 18.7 Å². The van der Waals surface area contributed by atoms with E-state index in [4.69, 9.17) is 0 Å². The van der Waals surface area contributed by atoms with Crippen LogP contribution in [0.1, 0.15) is 31.7 Å². The summed E-state index contributed by atoms with van der Waals surface area (Å²) >= 11 is 0. The molecule has 1 aliphatic carbocycles. The van der Waals surface area contributed by atoms with Gasteiger partial charge in [0, 0.05) is 11.7 Å². The van der Waals surface area contributed by atoms with Crippen molar-refractivity contribution < 1.29 is 13.9 Å². The molecule has 2 heterocycles. The lowest BCUT2D eigenvalue weighted by molar-refractivity contribution is 0.112. The Morgan fingerprint density at radius 1 is 0.906 bits per heavy atom. The van der Waals surface area contributed by atoms with Gasteiger partial charge in [-0.2, -0.15) is 4.98 Å². The van der Waals surface area contributed by atoms with E-state index in [-0.39, 0.29) is 23.8 Å². The summed E-state index contributed by atoms with van der Waals surface area (Å²) in [4.78, 5) is 13.6. The van der Waals surface area contributed by atoms with Gasteiger partial charge in [0.25, 0.3) is 0 Å². The maximum Gasteiger partial charge on any atom is 0.229 e. The lowest BCUT2D eigenvalue weighted by Crippen LogP contribution is -2.22. The maximum absolute atomic E-state index is 14.3. The van der Waals surface area contributed by atoms with Crippen LogP contribution in [0.2, 0.25) is 0 Å². The second kappa shape index (κ2) is 8.51. The zero-order valence-electron chi connectivity index (χ0n) is 17.2. The lowest BCUT2D eigenvalue weighted by Gasteiger charge is -2.28. The van der Waals surface area contributed by atoms with Crippen LogP contribution in [-0.4, -0.2) is 30.7 Å². The zero-order chi connectivity index (χ0) is 22.1. The van der Waals surface area contributed by atoms with Gasteiger partial charge in [0.1, 0.15) is 17.2 Å². The summed E-state index contributed by atoms with van der Waals surface area (Å²) in [6.45, 7) is 0. The average Bonchev–Trinajstić information content (AvgIpc) is 3.15. The maximum atomic E-state index is 14.3. The Morgan fingerprint density at radius 2 is 1.66 bits per heavy atom. The molecule has 1 saturated carbocycles. The number of aromatic nitrogens is 4. The van der Waals surface area contributed by atoms with Crippen molar-refractivity contribution in [2.75, 3.05) is 10.6 Å². The molecule has 2 aromatic heterocycles. The third kappa shape index (κ3) is 4.11. The number of nitrogens with one attached hydrogen (secondary N) is 2. The molecule has 2 aromatic carbocycles. The molecule has 0 saturated heterocycles. The van der Waals surface area contributed by atoms with Crippen LogP contribution in [0, 0.1) is 11.6 Å². The second-order valence-electron chi connectivity index (χ2n) is 7.91. The Hall–Kier alpha value is -3.59. The number of aliphatic hydroxyl groups excluding tert-OH is 1. The minimum atomic E-state index is -0.380. The number of anilines is 4. The number of benzene rings is 2. The first-order valence-electron chi connectivity index (χ1n) is 10.5. The van der Waals surface area contributed by atoms with Gasteiger partial charge in [0.2, 0.25) is 11.9 Å². The molecule has 0 amide bonds. The predicted octanol–water partition coefficient (Wildman–Crippen LogP) is 5.07. The number of hydrogen-bond acceptors (Lipinski definition) is 6. The summed E-state index contributed by atoms with van der Waals surface area (Å²) in [5.74, 6) is 0.113. The molecule has 0 spiro atoms. The van der Waals surface area contributed by atoms with Crippen LogP contribution in [0.15, 0.2) is 54.7 Å². The molecular formula is C23H22F2N6O. The number of fused-ring (bicyclic) bond motifs is 1. The molecule has 164 valence electrons. The van der Waals surface area contributed by atoms with Crippen molar-refractivity contribution in [1.82, 2.24) is 19.5 Å².